The van der Waals surface area contributed by atoms with Crippen LogP contribution in [-0.2, 0) is 16.0 Å². The van der Waals surface area contributed by atoms with E-state index in [9.17, 15) is 18.4 Å². The summed E-state index contributed by atoms with van der Waals surface area (Å²) in [5.74, 6) is -0.971. The molecule has 2 heterocycles. The third-order valence-corrected chi connectivity index (χ3v) is 4.83. The molecule has 25 heavy (non-hydrogen) atoms. The molecule has 5 nitrogen and oxygen atoms in total. The van der Waals surface area contributed by atoms with Crippen LogP contribution in [0.15, 0.2) is 17.1 Å². The third kappa shape index (κ3) is 4.45. The van der Waals surface area contributed by atoms with Gasteiger partial charge in [0.05, 0.1) is 6.61 Å². The summed E-state index contributed by atoms with van der Waals surface area (Å²) >= 11 is 0. The number of aromatic nitrogens is 1. The summed E-state index contributed by atoms with van der Waals surface area (Å²) in [6, 6.07) is 0.430. The molecule has 7 heteroatoms. The second-order valence-corrected chi connectivity index (χ2v) is 6.96. The second-order valence-electron chi connectivity index (χ2n) is 6.96. The average Bonchev–Trinajstić information content (AvgIpc) is 3.36. The molecule has 0 spiro atoms. The van der Waals surface area contributed by atoms with Crippen molar-refractivity contribution in [1.82, 2.24) is 9.47 Å². The number of likely N-dealkylation sites (tertiary alicyclic amines) is 1. The van der Waals surface area contributed by atoms with Crippen molar-refractivity contribution in [3.8, 4) is 0 Å². The highest BCUT2D eigenvalue weighted by Gasteiger charge is 2.32. The van der Waals surface area contributed by atoms with Crippen molar-refractivity contribution < 1.29 is 18.3 Å². The summed E-state index contributed by atoms with van der Waals surface area (Å²) < 4.78 is 33.3. The standard InChI is InChI=1S/C18H24F2N2O3/c1-2-25-18(24)16(8-12-3-4-12)22-9-13(7-15(20)17(22)23)5-6-21-10-14(19)11-21/h7,9,12,14,16H,2-6,8,10-11H2,1H3. The maximum atomic E-state index is 14.1. The first-order valence-corrected chi connectivity index (χ1v) is 8.91. The summed E-state index contributed by atoms with van der Waals surface area (Å²) in [5.41, 5.74) is -0.167. The highest BCUT2D eigenvalue weighted by molar-refractivity contribution is 5.74. The zero-order valence-corrected chi connectivity index (χ0v) is 14.4. The Morgan fingerprint density at radius 2 is 2.12 bits per heavy atom. The number of esters is 1. The van der Waals surface area contributed by atoms with Crippen molar-refractivity contribution in [1.29, 1.82) is 0 Å². The zero-order valence-electron chi connectivity index (χ0n) is 14.4. The van der Waals surface area contributed by atoms with Crippen LogP contribution in [0.3, 0.4) is 0 Å². The first kappa shape index (κ1) is 18.0. The van der Waals surface area contributed by atoms with Gasteiger partial charge in [-0.05, 0) is 37.3 Å². The van der Waals surface area contributed by atoms with Crippen LogP contribution in [0.2, 0.25) is 0 Å². The minimum absolute atomic E-state index is 0.219. The largest absolute Gasteiger partial charge is 0.464 e. The lowest BCUT2D eigenvalue weighted by Gasteiger charge is -2.34. The smallest absolute Gasteiger partial charge is 0.329 e. The molecule has 0 N–H and O–H groups in total. The number of ether oxygens (including phenoxy) is 1. The molecule has 0 aromatic carbocycles. The molecule has 3 rings (SSSR count). The molecule has 1 atom stereocenters. The van der Waals surface area contributed by atoms with Gasteiger partial charge in [-0.25, -0.2) is 13.6 Å². The van der Waals surface area contributed by atoms with Gasteiger partial charge < -0.3 is 4.74 Å². The van der Waals surface area contributed by atoms with Gasteiger partial charge in [0.25, 0.3) is 5.56 Å². The van der Waals surface area contributed by atoms with Crippen LogP contribution in [0.4, 0.5) is 8.78 Å². The Morgan fingerprint density at radius 3 is 2.72 bits per heavy atom. The van der Waals surface area contributed by atoms with Crippen LogP contribution in [0.5, 0.6) is 0 Å². The molecule has 1 unspecified atom stereocenters. The zero-order chi connectivity index (χ0) is 18.0. The molecular formula is C18H24F2N2O3. The van der Waals surface area contributed by atoms with Gasteiger partial charge in [-0.3, -0.25) is 14.3 Å². The maximum absolute atomic E-state index is 14.1. The van der Waals surface area contributed by atoms with Crippen LogP contribution in [0.25, 0.3) is 0 Å². The normalized spacial score (nSPS) is 19.5. The van der Waals surface area contributed by atoms with Crippen LogP contribution in [0.1, 0.15) is 37.8 Å². The molecule has 1 saturated carbocycles. The Bertz CT molecular complexity index is 681. The van der Waals surface area contributed by atoms with Crippen molar-refractivity contribution in [2.75, 3.05) is 26.2 Å². The SMILES string of the molecule is CCOC(=O)C(CC1CC1)n1cc(CCN2CC(F)C2)cc(F)c1=O. The number of rotatable bonds is 8. The Labute approximate surface area is 145 Å². The van der Waals surface area contributed by atoms with E-state index in [4.69, 9.17) is 4.74 Å². The van der Waals surface area contributed by atoms with Crippen molar-refractivity contribution in [3.05, 3.63) is 34.0 Å². The van der Waals surface area contributed by atoms with Crippen LogP contribution < -0.4 is 5.56 Å². The molecule has 0 radical (unpaired) electrons. The van der Waals surface area contributed by atoms with Gasteiger partial charge in [0.2, 0.25) is 0 Å². The topological polar surface area (TPSA) is 51.5 Å². The van der Waals surface area contributed by atoms with Gasteiger partial charge in [0.15, 0.2) is 5.82 Å². The highest BCUT2D eigenvalue weighted by Crippen LogP contribution is 2.37. The Balaban J connectivity index is 1.79. The first-order chi connectivity index (χ1) is 12.0. The van der Waals surface area contributed by atoms with Gasteiger partial charge in [-0.1, -0.05) is 12.8 Å². The van der Waals surface area contributed by atoms with Crippen LogP contribution in [0, 0.1) is 11.7 Å². The lowest BCUT2D eigenvalue weighted by atomic mass is 10.1. The van der Waals surface area contributed by atoms with Crippen molar-refractivity contribution in [2.45, 2.75) is 44.8 Å². The number of nitrogens with zero attached hydrogens (tertiary/aromatic N) is 2. The fourth-order valence-electron chi connectivity index (χ4n) is 3.20. The third-order valence-electron chi connectivity index (χ3n) is 4.83. The lowest BCUT2D eigenvalue weighted by Crippen LogP contribution is -2.49. The monoisotopic (exact) mass is 354 g/mol. The number of pyridine rings is 1. The predicted octanol–water partition coefficient (Wildman–Crippen LogP) is 2.09. The van der Waals surface area contributed by atoms with Crippen molar-refractivity contribution in [2.24, 2.45) is 5.92 Å². The second kappa shape index (κ2) is 7.64. The van der Waals surface area contributed by atoms with E-state index in [1.54, 1.807) is 13.1 Å². The van der Waals surface area contributed by atoms with Gasteiger partial charge in [0.1, 0.15) is 12.2 Å². The van der Waals surface area contributed by atoms with E-state index >= 15 is 0 Å². The minimum atomic E-state index is -0.866. The van der Waals surface area contributed by atoms with Gasteiger partial charge in [-0.2, -0.15) is 0 Å². The first-order valence-electron chi connectivity index (χ1n) is 8.91. The predicted molar refractivity (Wildman–Crippen MR) is 88.7 cm³/mol. The fraction of sp³-hybridized carbons (Fsp3) is 0.667. The Kier molecular flexibility index (Phi) is 5.51. The van der Waals surface area contributed by atoms with Crippen LogP contribution in [-0.4, -0.2) is 47.8 Å². The molecule has 1 aliphatic heterocycles. The summed E-state index contributed by atoms with van der Waals surface area (Å²) in [7, 11) is 0. The Morgan fingerprint density at radius 1 is 1.40 bits per heavy atom. The van der Waals surface area contributed by atoms with E-state index in [1.807, 2.05) is 4.90 Å². The quantitative estimate of drug-likeness (QED) is 0.671. The molecule has 138 valence electrons. The van der Waals surface area contributed by atoms with Crippen molar-refractivity contribution >= 4 is 5.97 Å². The van der Waals surface area contributed by atoms with E-state index in [2.05, 4.69) is 0 Å². The van der Waals surface area contributed by atoms with Gasteiger partial charge >= 0.3 is 5.97 Å². The van der Waals surface area contributed by atoms with E-state index in [1.165, 1.54) is 10.6 Å². The number of carbonyl (C=O) groups excluding carboxylic acids is 1. The van der Waals surface area contributed by atoms with E-state index in [0.29, 0.717) is 44.0 Å². The molecule has 1 aliphatic carbocycles. The molecule has 0 bridgehead atoms. The fourth-order valence-corrected chi connectivity index (χ4v) is 3.20. The Hall–Kier alpha value is -1.76. The van der Waals surface area contributed by atoms with E-state index in [-0.39, 0.29) is 6.61 Å². The number of carbonyl (C=O) groups is 1. The average molecular weight is 354 g/mol. The molecule has 1 aromatic heterocycles. The summed E-state index contributed by atoms with van der Waals surface area (Å²) in [6.07, 6.45) is 3.82. The van der Waals surface area contributed by atoms with Gasteiger partial charge in [-0.15, -0.1) is 0 Å². The van der Waals surface area contributed by atoms with E-state index in [0.717, 1.165) is 12.8 Å². The summed E-state index contributed by atoms with van der Waals surface area (Å²) in [5, 5.41) is 0. The highest BCUT2D eigenvalue weighted by atomic mass is 19.1. The van der Waals surface area contributed by atoms with Crippen LogP contribution >= 0.6 is 0 Å². The molecule has 0 amide bonds. The number of halogens is 2. The lowest BCUT2D eigenvalue weighted by molar-refractivity contribution is -0.147. The molecule has 1 aromatic rings. The molecule has 1 saturated heterocycles. The molecular weight excluding hydrogens is 330 g/mol. The molecule has 2 aliphatic rings. The van der Waals surface area contributed by atoms with Gasteiger partial charge in [0, 0.05) is 25.8 Å². The maximum Gasteiger partial charge on any atom is 0.329 e. The summed E-state index contributed by atoms with van der Waals surface area (Å²) in [6.45, 7) is 3.32. The number of hydrogen-bond donors (Lipinski definition) is 0. The minimum Gasteiger partial charge on any atom is -0.464 e. The van der Waals surface area contributed by atoms with E-state index < -0.39 is 29.6 Å². The number of hydrogen-bond acceptors (Lipinski definition) is 4. The van der Waals surface area contributed by atoms with Crippen molar-refractivity contribution in [3.63, 3.8) is 0 Å². The molecule has 2 fully saturated rings. The number of alkyl halides is 1. The summed E-state index contributed by atoms with van der Waals surface area (Å²) in [4.78, 5) is 26.5.